The second-order valence-corrected chi connectivity index (χ2v) is 8.25. The largest absolute Gasteiger partial charge is 0.493 e. The van der Waals surface area contributed by atoms with Crippen LogP contribution in [-0.4, -0.2) is 56.9 Å². The van der Waals surface area contributed by atoms with E-state index < -0.39 is 17.9 Å². The maximum Gasteiger partial charge on any atom is 0.324 e. The molecule has 2 aliphatic heterocycles. The van der Waals surface area contributed by atoms with Gasteiger partial charge in [0.1, 0.15) is 6.04 Å². The summed E-state index contributed by atoms with van der Waals surface area (Å²) in [6.07, 6.45) is 0.721. The van der Waals surface area contributed by atoms with Crippen molar-refractivity contribution >= 4 is 11.9 Å². The summed E-state index contributed by atoms with van der Waals surface area (Å²) < 4.78 is 22.1. The van der Waals surface area contributed by atoms with Gasteiger partial charge in [-0.05, 0) is 49.1 Å². The van der Waals surface area contributed by atoms with Crippen molar-refractivity contribution in [1.29, 1.82) is 0 Å². The van der Waals surface area contributed by atoms with Crippen LogP contribution >= 0.6 is 0 Å². The quantitative estimate of drug-likeness (QED) is 0.594. The SMILES string of the molecule is CCOC(=O)[C@@H]1[C@@H](c2ccccc2)[C@@H](C(=O)OCC)N2CCc3cc(OC)c(OC)cc3[C@@H]12. The van der Waals surface area contributed by atoms with Crippen LogP contribution in [0.1, 0.15) is 42.5 Å². The van der Waals surface area contributed by atoms with Crippen molar-refractivity contribution in [2.45, 2.75) is 38.3 Å². The molecule has 0 spiro atoms. The number of ether oxygens (including phenoxy) is 4. The lowest BCUT2D eigenvalue weighted by Crippen LogP contribution is -2.44. The fourth-order valence-corrected chi connectivity index (χ4v) is 5.40. The molecule has 0 N–H and O–H groups in total. The van der Waals surface area contributed by atoms with E-state index in [0.717, 1.165) is 23.1 Å². The zero-order chi connectivity index (χ0) is 23.5. The van der Waals surface area contributed by atoms with E-state index in [0.29, 0.717) is 18.0 Å². The summed E-state index contributed by atoms with van der Waals surface area (Å²) in [6.45, 7) is 4.77. The van der Waals surface area contributed by atoms with Gasteiger partial charge in [-0.3, -0.25) is 14.5 Å². The van der Waals surface area contributed by atoms with Crippen LogP contribution in [0.2, 0.25) is 0 Å². The zero-order valence-electron chi connectivity index (χ0n) is 19.6. The van der Waals surface area contributed by atoms with Gasteiger partial charge in [0.05, 0.1) is 39.4 Å². The molecule has 0 aliphatic carbocycles. The first-order chi connectivity index (χ1) is 16.0. The van der Waals surface area contributed by atoms with Gasteiger partial charge in [0.2, 0.25) is 0 Å². The summed E-state index contributed by atoms with van der Waals surface area (Å²) >= 11 is 0. The van der Waals surface area contributed by atoms with Crippen LogP contribution in [0.3, 0.4) is 0 Å². The average Bonchev–Trinajstić information content (AvgIpc) is 3.19. The van der Waals surface area contributed by atoms with Crippen LogP contribution in [0, 0.1) is 5.92 Å². The minimum absolute atomic E-state index is 0.270. The van der Waals surface area contributed by atoms with E-state index >= 15 is 0 Å². The highest BCUT2D eigenvalue weighted by Crippen LogP contribution is 2.54. The first-order valence-corrected chi connectivity index (χ1v) is 11.4. The number of methoxy groups -OCH3 is 2. The molecule has 0 saturated carbocycles. The lowest BCUT2D eigenvalue weighted by atomic mass is 9.78. The van der Waals surface area contributed by atoms with E-state index in [-0.39, 0.29) is 31.2 Å². The number of benzene rings is 2. The number of nitrogens with zero attached hydrogens (tertiary/aromatic N) is 1. The van der Waals surface area contributed by atoms with Gasteiger partial charge in [-0.1, -0.05) is 30.3 Å². The maximum absolute atomic E-state index is 13.4. The van der Waals surface area contributed by atoms with Crippen molar-refractivity contribution in [2.24, 2.45) is 5.92 Å². The van der Waals surface area contributed by atoms with Gasteiger partial charge in [0.15, 0.2) is 11.5 Å². The molecule has 1 fully saturated rings. The van der Waals surface area contributed by atoms with Crippen molar-refractivity contribution in [2.75, 3.05) is 34.0 Å². The van der Waals surface area contributed by atoms with E-state index in [2.05, 4.69) is 4.90 Å². The lowest BCUT2D eigenvalue weighted by molar-refractivity contribution is -0.149. The molecule has 4 rings (SSSR count). The Bertz CT molecular complexity index is 1010. The third-order valence-corrected chi connectivity index (χ3v) is 6.66. The Labute approximate surface area is 194 Å². The molecule has 0 radical (unpaired) electrons. The monoisotopic (exact) mass is 453 g/mol. The molecule has 4 atom stereocenters. The average molecular weight is 454 g/mol. The van der Waals surface area contributed by atoms with Crippen molar-refractivity contribution in [3.63, 3.8) is 0 Å². The fraction of sp³-hybridized carbons (Fsp3) is 0.462. The van der Waals surface area contributed by atoms with E-state index in [1.165, 1.54) is 0 Å². The number of fused-ring (bicyclic) bond motifs is 3. The molecule has 0 aromatic heterocycles. The first-order valence-electron chi connectivity index (χ1n) is 11.4. The lowest BCUT2D eigenvalue weighted by Gasteiger charge is -2.36. The molecular weight excluding hydrogens is 422 g/mol. The molecule has 0 bridgehead atoms. The zero-order valence-corrected chi connectivity index (χ0v) is 19.6. The van der Waals surface area contributed by atoms with Gasteiger partial charge in [0.25, 0.3) is 0 Å². The minimum Gasteiger partial charge on any atom is -0.493 e. The Morgan fingerprint density at radius 1 is 0.939 bits per heavy atom. The molecule has 2 aliphatic rings. The Hall–Kier alpha value is -3.06. The molecule has 2 heterocycles. The van der Waals surface area contributed by atoms with Gasteiger partial charge in [-0.2, -0.15) is 0 Å². The van der Waals surface area contributed by atoms with Gasteiger partial charge in [-0.15, -0.1) is 0 Å². The first kappa shape index (κ1) is 23.1. The fourth-order valence-electron chi connectivity index (χ4n) is 5.40. The molecule has 33 heavy (non-hydrogen) atoms. The molecule has 7 heteroatoms. The van der Waals surface area contributed by atoms with Crippen LogP contribution in [-0.2, 0) is 25.5 Å². The third-order valence-electron chi connectivity index (χ3n) is 6.66. The Morgan fingerprint density at radius 2 is 1.58 bits per heavy atom. The highest BCUT2D eigenvalue weighted by Gasteiger charge is 2.58. The van der Waals surface area contributed by atoms with Crippen molar-refractivity contribution in [1.82, 2.24) is 4.90 Å². The molecule has 2 aromatic rings. The van der Waals surface area contributed by atoms with E-state index in [9.17, 15) is 9.59 Å². The highest BCUT2D eigenvalue weighted by molar-refractivity contribution is 5.83. The number of carbonyl (C=O) groups is 2. The molecule has 2 aromatic carbocycles. The van der Waals surface area contributed by atoms with Gasteiger partial charge in [0, 0.05) is 12.5 Å². The number of rotatable bonds is 7. The van der Waals surface area contributed by atoms with Crippen LogP contribution in [0.5, 0.6) is 11.5 Å². The van der Waals surface area contributed by atoms with E-state index in [1.54, 1.807) is 28.1 Å². The summed E-state index contributed by atoms with van der Waals surface area (Å²) in [5, 5.41) is 0. The second-order valence-electron chi connectivity index (χ2n) is 8.25. The second kappa shape index (κ2) is 9.83. The number of hydrogen-bond acceptors (Lipinski definition) is 7. The van der Waals surface area contributed by atoms with Gasteiger partial charge < -0.3 is 18.9 Å². The van der Waals surface area contributed by atoms with Crippen LogP contribution in [0.15, 0.2) is 42.5 Å². The van der Waals surface area contributed by atoms with Gasteiger partial charge in [-0.25, -0.2) is 0 Å². The van der Waals surface area contributed by atoms with Crippen LogP contribution < -0.4 is 9.47 Å². The minimum atomic E-state index is -0.590. The maximum atomic E-state index is 13.4. The van der Waals surface area contributed by atoms with Crippen LogP contribution in [0.25, 0.3) is 0 Å². The standard InChI is InChI=1S/C26H31NO6/c1-5-32-25(28)22-21(16-10-8-7-9-11-16)24(26(29)33-6-2)27-13-12-17-14-19(30-3)20(31-4)15-18(17)23(22)27/h7-11,14-15,21-24H,5-6,12-13H2,1-4H3/t21-,22-,23+,24+/m1/s1. The predicted molar refractivity (Wildman–Crippen MR) is 122 cm³/mol. The summed E-state index contributed by atoms with van der Waals surface area (Å²) in [6, 6.07) is 12.7. The Kier molecular flexibility index (Phi) is 6.88. The summed E-state index contributed by atoms with van der Waals surface area (Å²) in [5.74, 6) is -0.344. The number of esters is 2. The normalized spacial score (nSPS) is 23.9. The van der Waals surface area contributed by atoms with Crippen molar-refractivity contribution < 1.29 is 28.5 Å². The highest BCUT2D eigenvalue weighted by atomic mass is 16.5. The van der Waals surface area contributed by atoms with Crippen LogP contribution in [0.4, 0.5) is 0 Å². The number of hydrogen-bond donors (Lipinski definition) is 0. The third kappa shape index (κ3) is 4.06. The smallest absolute Gasteiger partial charge is 0.324 e. The summed E-state index contributed by atoms with van der Waals surface area (Å²) in [4.78, 5) is 28.8. The molecule has 0 unspecified atom stereocenters. The molecule has 1 saturated heterocycles. The molecule has 176 valence electrons. The molecular formula is C26H31NO6. The predicted octanol–water partition coefficient (Wildman–Crippen LogP) is 3.51. The van der Waals surface area contributed by atoms with Crippen molar-refractivity contribution in [3.8, 4) is 11.5 Å². The Balaban J connectivity index is 1.91. The Morgan fingerprint density at radius 3 is 2.21 bits per heavy atom. The topological polar surface area (TPSA) is 74.3 Å². The summed E-state index contributed by atoms with van der Waals surface area (Å²) in [7, 11) is 3.20. The van der Waals surface area contributed by atoms with E-state index in [4.69, 9.17) is 18.9 Å². The van der Waals surface area contributed by atoms with E-state index in [1.807, 2.05) is 42.5 Å². The number of carbonyl (C=O) groups excluding carboxylic acids is 2. The molecule has 0 amide bonds. The van der Waals surface area contributed by atoms with Gasteiger partial charge >= 0.3 is 11.9 Å². The molecule has 7 nitrogen and oxygen atoms in total. The summed E-state index contributed by atoms with van der Waals surface area (Å²) in [5.41, 5.74) is 2.97. The van der Waals surface area contributed by atoms with Crippen molar-refractivity contribution in [3.05, 3.63) is 59.2 Å².